The molecule has 0 spiro atoms. The van der Waals surface area contributed by atoms with E-state index in [9.17, 15) is 9.59 Å². The van der Waals surface area contributed by atoms with Crippen molar-refractivity contribution in [2.24, 2.45) is 5.92 Å². The van der Waals surface area contributed by atoms with E-state index in [-0.39, 0.29) is 30.6 Å². The Bertz CT molecular complexity index is 853. The Balaban J connectivity index is 1.79. The summed E-state index contributed by atoms with van der Waals surface area (Å²) in [6.45, 7) is 6.49. The van der Waals surface area contributed by atoms with Gasteiger partial charge in [-0.15, -0.1) is 0 Å². The third-order valence-electron chi connectivity index (χ3n) is 5.33. The van der Waals surface area contributed by atoms with E-state index < -0.39 is 6.09 Å². The second kappa shape index (κ2) is 9.45. The highest BCUT2D eigenvalue weighted by molar-refractivity contribution is 5.90. The first-order valence-electron chi connectivity index (χ1n) is 10.1. The molecular weight excluding hydrogens is 368 g/mol. The fourth-order valence-electron chi connectivity index (χ4n) is 3.71. The van der Waals surface area contributed by atoms with Crippen molar-refractivity contribution in [2.45, 2.75) is 45.9 Å². The standard InChI is InChI=1S/C23H28N2O4/c1-4-19-15(3)21(25-23(27)29-14-16-9-7-6-8-10-16)18-13-17(22(26)28-5-2)11-12-20(18)24-19/h6-13,15,19,21,24H,4-5,14H2,1-3H3,(H,25,27)/t15-,19-,21?/m0/s1. The lowest BCUT2D eigenvalue weighted by Gasteiger charge is -2.39. The van der Waals surface area contributed by atoms with Crippen LogP contribution < -0.4 is 10.6 Å². The van der Waals surface area contributed by atoms with E-state index in [2.05, 4.69) is 24.5 Å². The minimum absolute atomic E-state index is 0.120. The molecule has 0 saturated heterocycles. The molecule has 0 bridgehead atoms. The first-order valence-corrected chi connectivity index (χ1v) is 10.1. The SMILES string of the molecule is CCOC(=O)c1ccc2c(c1)C(NC(=O)OCc1ccccc1)[C@@H](C)[C@H](CC)N2. The Kier molecular flexibility index (Phi) is 6.75. The summed E-state index contributed by atoms with van der Waals surface area (Å²) in [5, 5.41) is 6.52. The number of carbonyl (C=O) groups excluding carboxylic acids is 2. The number of benzene rings is 2. The van der Waals surface area contributed by atoms with Crippen molar-refractivity contribution in [1.29, 1.82) is 0 Å². The Labute approximate surface area is 171 Å². The molecule has 1 aliphatic rings. The summed E-state index contributed by atoms with van der Waals surface area (Å²) in [5.41, 5.74) is 3.18. The number of hydrogen-bond acceptors (Lipinski definition) is 5. The molecule has 29 heavy (non-hydrogen) atoms. The van der Waals surface area contributed by atoms with Crippen molar-refractivity contribution in [1.82, 2.24) is 5.32 Å². The van der Waals surface area contributed by atoms with Crippen molar-refractivity contribution < 1.29 is 19.1 Å². The van der Waals surface area contributed by atoms with Gasteiger partial charge in [0.05, 0.1) is 18.2 Å². The summed E-state index contributed by atoms with van der Waals surface area (Å²) in [6, 6.07) is 14.9. The van der Waals surface area contributed by atoms with Crippen LogP contribution in [0.1, 0.15) is 54.7 Å². The van der Waals surface area contributed by atoms with Gasteiger partial charge >= 0.3 is 12.1 Å². The van der Waals surface area contributed by atoms with E-state index in [1.807, 2.05) is 36.4 Å². The molecule has 154 valence electrons. The number of nitrogens with one attached hydrogen (secondary N) is 2. The minimum Gasteiger partial charge on any atom is -0.462 e. The van der Waals surface area contributed by atoms with Crippen LogP contribution in [0.15, 0.2) is 48.5 Å². The molecule has 2 aromatic carbocycles. The van der Waals surface area contributed by atoms with Gasteiger partial charge in [0, 0.05) is 17.6 Å². The molecule has 1 amide bonds. The molecule has 1 heterocycles. The highest BCUT2D eigenvalue weighted by Gasteiger charge is 2.34. The lowest BCUT2D eigenvalue weighted by molar-refractivity contribution is 0.0526. The number of rotatable bonds is 6. The summed E-state index contributed by atoms with van der Waals surface area (Å²) in [6.07, 6.45) is 0.437. The van der Waals surface area contributed by atoms with Gasteiger partial charge in [-0.2, -0.15) is 0 Å². The van der Waals surface area contributed by atoms with E-state index in [1.54, 1.807) is 19.1 Å². The maximum atomic E-state index is 12.5. The van der Waals surface area contributed by atoms with Crippen molar-refractivity contribution in [3.63, 3.8) is 0 Å². The smallest absolute Gasteiger partial charge is 0.407 e. The van der Waals surface area contributed by atoms with Gasteiger partial charge in [-0.3, -0.25) is 0 Å². The van der Waals surface area contributed by atoms with Gasteiger partial charge in [-0.05, 0) is 42.7 Å². The van der Waals surface area contributed by atoms with Crippen LogP contribution in [0.4, 0.5) is 10.5 Å². The zero-order chi connectivity index (χ0) is 20.8. The fourth-order valence-corrected chi connectivity index (χ4v) is 3.71. The zero-order valence-electron chi connectivity index (χ0n) is 17.1. The van der Waals surface area contributed by atoms with Gasteiger partial charge in [-0.25, -0.2) is 9.59 Å². The summed E-state index contributed by atoms with van der Waals surface area (Å²) in [4.78, 5) is 24.7. The Hall–Kier alpha value is -3.02. The fraction of sp³-hybridized carbons (Fsp3) is 0.391. The quantitative estimate of drug-likeness (QED) is 0.694. The predicted molar refractivity (Wildman–Crippen MR) is 112 cm³/mol. The molecule has 2 N–H and O–H groups in total. The Morgan fingerprint density at radius 2 is 1.83 bits per heavy atom. The average Bonchev–Trinajstić information content (AvgIpc) is 2.74. The van der Waals surface area contributed by atoms with E-state index in [0.717, 1.165) is 23.2 Å². The van der Waals surface area contributed by atoms with Gasteiger partial charge < -0.3 is 20.1 Å². The zero-order valence-corrected chi connectivity index (χ0v) is 17.1. The normalized spacial score (nSPS) is 20.2. The van der Waals surface area contributed by atoms with Crippen LogP contribution in [0.25, 0.3) is 0 Å². The summed E-state index contributed by atoms with van der Waals surface area (Å²) in [7, 11) is 0. The molecule has 0 fully saturated rings. The summed E-state index contributed by atoms with van der Waals surface area (Å²) >= 11 is 0. The molecular formula is C23H28N2O4. The van der Waals surface area contributed by atoms with Crippen LogP contribution in [0.3, 0.4) is 0 Å². The Morgan fingerprint density at radius 1 is 1.07 bits per heavy atom. The number of hydrogen-bond donors (Lipinski definition) is 2. The molecule has 1 unspecified atom stereocenters. The van der Waals surface area contributed by atoms with Crippen LogP contribution in [0.5, 0.6) is 0 Å². The lowest BCUT2D eigenvalue weighted by Crippen LogP contribution is -2.43. The van der Waals surface area contributed by atoms with Crippen LogP contribution in [-0.2, 0) is 16.1 Å². The number of carbonyl (C=O) groups is 2. The van der Waals surface area contributed by atoms with E-state index in [0.29, 0.717) is 12.2 Å². The number of ether oxygens (including phenoxy) is 2. The van der Waals surface area contributed by atoms with Crippen LogP contribution in [0.2, 0.25) is 0 Å². The topological polar surface area (TPSA) is 76.7 Å². The van der Waals surface area contributed by atoms with E-state index in [4.69, 9.17) is 9.47 Å². The van der Waals surface area contributed by atoms with Crippen molar-refractivity contribution in [3.8, 4) is 0 Å². The van der Waals surface area contributed by atoms with Gasteiger partial charge in [0.1, 0.15) is 6.61 Å². The van der Waals surface area contributed by atoms with Gasteiger partial charge in [0.25, 0.3) is 0 Å². The third kappa shape index (κ3) is 4.88. The first-order chi connectivity index (χ1) is 14.0. The number of amides is 1. The maximum absolute atomic E-state index is 12.5. The number of fused-ring (bicyclic) bond motifs is 1. The molecule has 1 aliphatic heterocycles. The molecule has 3 rings (SSSR count). The second-order valence-corrected chi connectivity index (χ2v) is 7.22. The van der Waals surface area contributed by atoms with Crippen LogP contribution in [-0.4, -0.2) is 24.7 Å². The minimum atomic E-state index is -0.477. The Morgan fingerprint density at radius 3 is 2.52 bits per heavy atom. The average molecular weight is 396 g/mol. The monoisotopic (exact) mass is 396 g/mol. The molecule has 6 nitrogen and oxygen atoms in total. The summed E-state index contributed by atoms with van der Waals surface area (Å²) in [5.74, 6) is -0.250. The van der Waals surface area contributed by atoms with Crippen LogP contribution in [0, 0.1) is 5.92 Å². The number of alkyl carbamates (subject to hydrolysis) is 1. The molecule has 2 aromatic rings. The van der Waals surface area contributed by atoms with Gasteiger partial charge in [0.15, 0.2) is 0 Å². The molecule has 6 heteroatoms. The highest BCUT2D eigenvalue weighted by atomic mass is 16.5. The molecule has 3 atom stereocenters. The van der Waals surface area contributed by atoms with Gasteiger partial charge in [0.2, 0.25) is 0 Å². The predicted octanol–water partition coefficient (Wildman–Crippen LogP) is 4.67. The van der Waals surface area contributed by atoms with Crippen LogP contribution >= 0.6 is 0 Å². The first kappa shape index (κ1) is 20.7. The van der Waals surface area contributed by atoms with Crippen molar-refractivity contribution in [3.05, 3.63) is 65.2 Å². The third-order valence-corrected chi connectivity index (χ3v) is 5.33. The maximum Gasteiger partial charge on any atom is 0.407 e. The number of anilines is 1. The molecule has 0 radical (unpaired) electrons. The summed E-state index contributed by atoms with van der Waals surface area (Å²) < 4.78 is 10.5. The van der Waals surface area contributed by atoms with Crippen molar-refractivity contribution in [2.75, 3.05) is 11.9 Å². The molecule has 0 aliphatic carbocycles. The number of esters is 1. The largest absolute Gasteiger partial charge is 0.462 e. The molecule has 0 saturated carbocycles. The van der Waals surface area contributed by atoms with Crippen molar-refractivity contribution >= 4 is 17.7 Å². The lowest BCUT2D eigenvalue weighted by atomic mass is 9.82. The van der Waals surface area contributed by atoms with E-state index in [1.165, 1.54) is 0 Å². The highest BCUT2D eigenvalue weighted by Crippen LogP contribution is 2.38. The van der Waals surface area contributed by atoms with E-state index >= 15 is 0 Å². The second-order valence-electron chi connectivity index (χ2n) is 7.22. The van der Waals surface area contributed by atoms with Gasteiger partial charge in [-0.1, -0.05) is 44.2 Å². The molecule has 0 aromatic heterocycles.